The lowest BCUT2D eigenvalue weighted by molar-refractivity contribution is 0.100. The summed E-state index contributed by atoms with van der Waals surface area (Å²) in [7, 11) is 0. The van der Waals surface area contributed by atoms with Gasteiger partial charge in [-0.05, 0) is 6.92 Å². The molecule has 2 rings (SSSR count). The summed E-state index contributed by atoms with van der Waals surface area (Å²) in [5.74, 6) is 5.79. The maximum atomic E-state index is 11.0. The Morgan fingerprint density at radius 3 is 2.82 bits per heavy atom. The Hall–Kier alpha value is -2.48. The molecule has 0 aliphatic rings. The van der Waals surface area contributed by atoms with Gasteiger partial charge >= 0.3 is 0 Å². The second-order valence-corrected chi connectivity index (χ2v) is 3.35. The third-order valence-corrected chi connectivity index (χ3v) is 2.28. The van der Waals surface area contributed by atoms with Crippen LogP contribution in [0, 0.1) is 6.92 Å². The molecule has 0 radical (unpaired) electrons. The smallest absolute Gasteiger partial charge is 0.251 e. The summed E-state index contributed by atoms with van der Waals surface area (Å²) in [6.45, 7) is 1.79. The van der Waals surface area contributed by atoms with E-state index in [9.17, 15) is 4.79 Å². The number of anilines is 1. The standard InChI is InChI=1S/C9H11N7O/c1-5-8(15-11)12-4-13-9(5)16-3-6(2-14-16)7(10)17/h2-4H,11H2,1H3,(H2,10,17)(H,12,13,15). The number of rotatable bonds is 3. The van der Waals surface area contributed by atoms with Crippen LogP contribution in [0.1, 0.15) is 15.9 Å². The highest BCUT2D eigenvalue weighted by Gasteiger charge is 2.11. The fourth-order valence-corrected chi connectivity index (χ4v) is 1.38. The van der Waals surface area contributed by atoms with Crippen molar-refractivity contribution in [2.45, 2.75) is 6.92 Å². The normalized spacial score (nSPS) is 10.2. The van der Waals surface area contributed by atoms with Gasteiger partial charge in [0.25, 0.3) is 5.91 Å². The number of hydrogen-bond donors (Lipinski definition) is 3. The molecule has 0 atom stereocenters. The van der Waals surface area contributed by atoms with Crippen molar-refractivity contribution < 1.29 is 4.79 Å². The molecular weight excluding hydrogens is 222 g/mol. The van der Waals surface area contributed by atoms with E-state index in [1.807, 2.05) is 0 Å². The molecule has 88 valence electrons. The van der Waals surface area contributed by atoms with Crippen molar-refractivity contribution in [3.05, 3.63) is 29.8 Å². The van der Waals surface area contributed by atoms with Gasteiger partial charge in [0.15, 0.2) is 5.82 Å². The number of carbonyl (C=O) groups excluding carboxylic acids is 1. The van der Waals surface area contributed by atoms with Crippen LogP contribution >= 0.6 is 0 Å². The predicted molar refractivity (Wildman–Crippen MR) is 60.2 cm³/mol. The van der Waals surface area contributed by atoms with Crippen LogP contribution in [0.25, 0.3) is 5.82 Å². The fourth-order valence-electron chi connectivity index (χ4n) is 1.38. The number of aromatic nitrogens is 4. The highest BCUT2D eigenvalue weighted by atomic mass is 16.1. The second kappa shape index (κ2) is 4.18. The third-order valence-electron chi connectivity index (χ3n) is 2.28. The number of nitrogens with one attached hydrogen (secondary N) is 1. The third kappa shape index (κ3) is 1.93. The first-order valence-electron chi connectivity index (χ1n) is 4.76. The Bertz CT molecular complexity index is 562. The second-order valence-electron chi connectivity index (χ2n) is 3.35. The molecule has 0 fully saturated rings. The molecule has 2 aromatic rings. The topological polar surface area (TPSA) is 125 Å². The van der Waals surface area contributed by atoms with Crippen molar-refractivity contribution in [2.75, 3.05) is 5.43 Å². The van der Waals surface area contributed by atoms with Crippen molar-refractivity contribution in [3.8, 4) is 5.82 Å². The SMILES string of the molecule is Cc1c(NN)ncnc1-n1cc(C(N)=O)cn1. The Labute approximate surface area is 96.6 Å². The van der Waals surface area contributed by atoms with E-state index in [2.05, 4.69) is 20.5 Å². The van der Waals surface area contributed by atoms with Crippen LogP contribution < -0.4 is 17.0 Å². The minimum Gasteiger partial charge on any atom is -0.366 e. The molecule has 17 heavy (non-hydrogen) atoms. The minimum absolute atomic E-state index is 0.310. The molecule has 8 nitrogen and oxygen atoms in total. The maximum absolute atomic E-state index is 11.0. The first kappa shape index (κ1) is 11.0. The van der Waals surface area contributed by atoms with Gasteiger partial charge in [0.05, 0.1) is 11.8 Å². The van der Waals surface area contributed by atoms with Crippen LogP contribution in [0.5, 0.6) is 0 Å². The van der Waals surface area contributed by atoms with Gasteiger partial charge in [0.1, 0.15) is 12.1 Å². The lowest BCUT2D eigenvalue weighted by Crippen LogP contribution is -2.13. The average molecular weight is 233 g/mol. The van der Waals surface area contributed by atoms with E-state index in [-0.39, 0.29) is 0 Å². The van der Waals surface area contributed by atoms with Crippen molar-refractivity contribution in [2.24, 2.45) is 11.6 Å². The van der Waals surface area contributed by atoms with Crippen LogP contribution in [0.15, 0.2) is 18.7 Å². The molecule has 0 bridgehead atoms. The average Bonchev–Trinajstić information content (AvgIpc) is 2.78. The molecule has 2 heterocycles. The van der Waals surface area contributed by atoms with Crippen LogP contribution in [-0.2, 0) is 0 Å². The molecule has 5 N–H and O–H groups in total. The molecule has 8 heteroatoms. The molecule has 0 unspecified atom stereocenters. The molecule has 0 aliphatic carbocycles. The molecule has 0 saturated carbocycles. The van der Waals surface area contributed by atoms with Gasteiger partial charge in [-0.15, -0.1) is 0 Å². The number of carbonyl (C=O) groups is 1. The number of nitrogens with zero attached hydrogens (tertiary/aromatic N) is 4. The number of primary amides is 1. The van der Waals surface area contributed by atoms with Gasteiger partial charge < -0.3 is 11.2 Å². The number of hydrogen-bond acceptors (Lipinski definition) is 6. The van der Waals surface area contributed by atoms with E-state index in [4.69, 9.17) is 11.6 Å². The molecule has 2 aromatic heterocycles. The molecule has 0 aliphatic heterocycles. The molecular formula is C9H11N7O. The van der Waals surface area contributed by atoms with E-state index in [0.29, 0.717) is 22.8 Å². The van der Waals surface area contributed by atoms with E-state index < -0.39 is 5.91 Å². The highest BCUT2D eigenvalue weighted by Crippen LogP contribution is 2.16. The maximum Gasteiger partial charge on any atom is 0.251 e. The van der Waals surface area contributed by atoms with E-state index in [1.165, 1.54) is 23.4 Å². The van der Waals surface area contributed by atoms with Crippen molar-refractivity contribution in [1.29, 1.82) is 0 Å². The minimum atomic E-state index is -0.542. The molecule has 1 amide bonds. The van der Waals surface area contributed by atoms with Gasteiger partial charge in [-0.25, -0.2) is 20.5 Å². The summed E-state index contributed by atoms with van der Waals surface area (Å²) in [4.78, 5) is 19.0. The summed E-state index contributed by atoms with van der Waals surface area (Å²) < 4.78 is 1.44. The Morgan fingerprint density at radius 2 is 2.24 bits per heavy atom. The quantitative estimate of drug-likeness (QED) is 0.478. The van der Waals surface area contributed by atoms with Crippen LogP contribution in [0.4, 0.5) is 5.82 Å². The van der Waals surface area contributed by atoms with E-state index in [0.717, 1.165) is 0 Å². The van der Waals surface area contributed by atoms with Gasteiger partial charge in [-0.1, -0.05) is 0 Å². The monoisotopic (exact) mass is 233 g/mol. The Balaban J connectivity index is 2.49. The summed E-state index contributed by atoms with van der Waals surface area (Å²) in [6.07, 6.45) is 4.22. The van der Waals surface area contributed by atoms with Crippen molar-refractivity contribution in [1.82, 2.24) is 19.7 Å². The van der Waals surface area contributed by atoms with Gasteiger partial charge in [0.2, 0.25) is 0 Å². The van der Waals surface area contributed by atoms with Crippen LogP contribution in [0.3, 0.4) is 0 Å². The lowest BCUT2D eigenvalue weighted by atomic mass is 10.3. The predicted octanol–water partition coefficient (Wildman–Crippen LogP) is -0.645. The molecule has 0 saturated heterocycles. The zero-order valence-corrected chi connectivity index (χ0v) is 9.08. The molecule has 0 aromatic carbocycles. The number of amides is 1. The lowest BCUT2D eigenvalue weighted by Gasteiger charge is -2.07. The zero-order chi connectivity index (χ0) is 12.4. The summed E-state index contributed by atoms with van der Waals surface area (Å²) in [6, 6.07) is 0. The summed E-state index contributed by atoms with van der Waals surface area (Å²) in [5, 5.41) is 4.00. The van der Waals surface area contributed by atoms with E-state index in [1.54, 1.807) is 6.92 Å². The van der Waals surface area contributed by atoms with Crippen LogP contribution in [-0.4, -0.2) is 25.7 Å². The number of hydrazine groups is 1. The first-order valence-corrected chi connectivity index (χ1v) is 4.76. The van der Waals surface area contributed by atoms with E-state index >= 15 is 0 Å². The summed E-state index contributed by atoms with van der Waals surface area (Å²) in [5.41, 5.74) is 8.62. The number of nitrogens with two attached hydrogens (primary N) is 2. The fraction of sp³-hybridized carbons (Fsp3) is 0.111. The highest BCUT2D eigenvalue weighted by molar-refractivity contribution is 5.92. The van der Waals surface area contributed by atoms with Gasteiger partial charge in [0, 0.05) is 11.8 Å². The van der Waals surface area contributed by atoms with Gasteiger partial charge in [-0.2, -0.15) is 5.10 Å². The largest absolute Gasteiger partial charge is 0.366 e. The summed E-state index contributed by atoms with van der Waals surface area (Å²) >= 11 is 0. The first-order chi connectivity index (χ1) is 8.13. The number of nitrogen functional groups attached to an aromatic ring is 1. The van der Waals surface area contributed by atoms with Crippen molar-refractivity contribution in [3.63, 3.8) is 0 Å². The molecule has 0 spiro atoms. The Kier molecular flexibility index (Phi) is 2.71. The Morgan fingerprint density at radius 1 is 1.47 bits per heavy atom. The van der Waals surface area contributed by atoms with Crippen molar-refractivity contribution >= 4 is 11.7 Å². The van der Waals surface area contributed by atoms with Gasteiger partial charge in [-0.3, -0.25) is 4.79 Å². The van der Waals surface area contributed by atoms with Crippen LogP contribution in [0.2, 0.25) is 0 Å². The zero-order valence-electron chi connectivity index (χ0n) is 9.08.